The molecule has 1 aromatic heterocycles. The van der Waals surface area contributed by atoms with Gasteiger partial charge in [0.25, 0.3) is 5.91 Å². The third-order valence-electron chi connectivity index (χ3n) is 3.14. The molecule has 0 saturated carbocycles. The zero-order valence-corrected chi connectivity index (χ0v) is 13.2. The average molecular weight is 316 g/mol. The van der Waals surface area contributed by atoms with E-state index in [1.54, 1.807) is 27.7 Å². The summed E-state index contributed by atoms with van der Waals surface area (Å²) in [5.41, 5.74) is -1.61. The molecule has 1 rings (SSSR count). The van der Waals surface area contributed by atoms with E-state index in [1.165, 1.54) is 4.90 Å². The zero-order valence-electron chi connectivity index (χ0n) is 13.2. The minimum absolute atomic E-state index is 0.170. The Hall–Kier alpha value is -1.92. The predicted molar refractivity (Wildman–Crippen MR) is 75.7 cm³/mol. The molecule has 0 aromatic carbocycles. The number of halogens is 3. The van der Waals surface area contributed by atoms with E-state index in [2.05, 4.69) is 4.98 Å². The Kier molecular flexibility index (Phi) is 5.32. The molecule has 7 heteroatoms. The minimum Gasteiger partial charge on any atom is -0.332 e. The molecular weight excluding hydrogens is 297 g/mol. The number of alkyl halides is 3. The van der Waals surface area contributed by atoms with Crippen LogP contribution < -0.4 is 0 Å². The first kappa shape index (κ1) is 18.1. The number of nitrogens with zero attached hydrogens (tertiary/aromatic N) is 2. The Bertz CT molecular complexity index is 573. The van der Waals surface area contributed by atoms with Crippen molar-refractivity contribution in [3.63, 3.8) is 0 Å². The maximum absolute atomic E-state index is 12.7. The van der Waals surface area contributed by atoms with Crippen LogP contribution >= 0.6 is 0 Å². The van der Waals surface area contributed by atoms with Crippen LogP contribution in [-0.2, 0) is 6.18 Å². The molecule has 0 atom stereocenters. The molecule has 0 fully saturated rings. The number of aromatic nitrogens is 1. The van der Waals surface area contributed by atoms with Crippen LogP contribution in [0.3, 0.4) is 0 Å². The topological polar surface area (TPSA) is 50.3 Å². The number of pyridine rings is 1. The van der Waals surface area contributed by atoms with E-state index < -0.39 is 23.4 Å². The van der Waals surface area contributed by atoms with E-state index in [1.807, 2.05) is 0 Å². The first-order valence-electron chi connectivity index (χ1n) is 6.87. The number of ketones is 1. The number of hydrogen-bond donors (Lipinski definition) is 0. The molecule has 4 nitrogen and oxygen atoms in total. The van der Waals surface area contributed by atoms with Crippen molar-refractivity contribution in [2.75, 3.05) is 0 Å². The van der Waals surface area contributed by atoms with Crippen molar-refractivity contribution in [2.24, 2.45) is 0 Å². The predicted octanol–water partition coefficient (Wildman–Crippen LogP) is 3.56. The van der Waals surface area contributed by atoms with Crippen molar-refractivity contribution in [3.05, 3.63) is 29.1 Å². The maximum atomic E-state index is 12.7. The minimum atomic E-state index is -4.62. The van der Waals surface area contributed by atoms with E-state index in [-0.39, 0.29) is 23.3 Å². The lowest BCUT2D eigenvalue weighted by atomic mass is 10.0. The summed E-state index contributed by atoms with van der Waals surface area (Å²) >= 11 is 0. The molecule has 0 saturated heterocycles. The highest BCUT2D eigenvalue weighted by atomic mass is 19.4. The molecule has 0 aliphatic carbocycles. The van der Waals surface area contributed by atoms with Crippen molar-refractivity contribution >= 4 is 11.7 Å². The van der Waals surface area contributed by atoms with Crippen LogP contribution in [0.5, 0.6) is 0 Å². The lowest BCUT2D eigenvalue weighted by Gasteiger charge is -2.31. The lowest BCUT2D eigenvalue weighted by molar-refractivity contribution is -0.137. The zero-order chi connectivity index (χ0) is 17.2. The molecule has 0 radical (unpaired) electrons. The normalized spacial score (nSPS) is 11.9. The third kappa shape index (κ3) is 3.84. The molecule has 0 N–H and O–H groups in total. The van der Waals surface area contributed by atoms with Gasteiger partial charge in [0.15, 0.2) is 5.78 Å². The van der Waals surface area contributed by atoms with E-state index in [9.17, 15) is 22.8 Å². The maximum Gasteiger partial charge on any atom is 0.417 e. The van der Waals surface area contributed by atoms with Gasteiger partial charge in [-0.1, -0.05) is 0 Å². The highest BCUT2D eigenvalue weighted by Gasteiger charge is 2.34. The van der Waals surface area contributed by atoms with Gasteiger partial charge in [-0.25, -0.2) is 4.98 Å². The molecule has 1 amide bonds. The fourth-order valence-electron chi connectivity index (χ4n) is 2.25. The Morgan fingerprint density at radius 2 is 1.64 bits per heavy atom. The Morgan fingerprint density at radius 1 is 1.14 bits per heavy atom. The number of carbonyl (C=O) groups is 2. The summed E-state index contributed by atoms with van der Waals surface area (Å²) in [6, 6.07) is 0.342. The van der Waals surface area contributed by atoms with Gasteiger partial charge in [0.2, 0.25) is 0 Å². The van der Waals surface area contributed by atoms with Gasteiger partial charge in [-0.15, -0.1) is 0 Å². The number of amides is 1. The number of rotatable bonds is 4. The van der Waals surface area contributed by atoms with Crippen molar-refractivity contribution in [3.8, 4) is 0 Å². The van der Waals surface area contributed by atoms with Crippen LogP contribution in [0.1, 0.15) is 61.0 Å². The Morgan fingerprint density at radius 3 is 2.00 bits per heavy atom. The van der Waals surface area contributed by atoms with Gasteiger partial charge in [0.05, 0.1) is 5.56 Å². The fourth-order valence-corrected chi connectivity index (χ4v) is 2.25. The van der Waals surface area contributed by atoms with Crippen molar-refractivity contribution in [2.45, 2.75) is 52.9 Å². The van der Waals surface area contributed by atoms with E-state index in [0.29, 0.717) is 12.3 Å². The van der Waals surface area contributed by atoms with Gasteiger partial charge in [-0.2, -0.15) is 13.2 Å². The molecule has 0 aliphatic heterocycles. The highest BCUT2D eigenvalue weighted by molar-refractivity contribution is 6.06. The smallest absolute Gasteiger partial charge is 0.332 e. The van der Waals surface area contributed by atoms with Crippen LogP contribution in [0.4, 0.5) is 13.2 Å². The molecular formula is C15H19F3N2O2. The monoisotopic (exact) mass is 316 g/mol. The lowest BCUT2D eigenvalue weighted by Crippen LogP contribution is -2.43. The number of hydrogen-bond acceptors (Lipinski definition) is 3. The second-order valence-corrected chi connectivity index (χ2v) is 5.57. The van der Waals surface area contributed by atoms with Gasteiger partial charge in [-0.05, 0) is 40.7 Å². The first-order chi connectivity index (χ1) is 9.96. The summed E-state index contributed by atoms with van der Waals surface area (Å²) in [4.78, 5) is 29.3. The summed E-state index contributed by atoms with van der Waals surface area (Å²) in [6.45, 7) is 8.26. The SMILES string of the molecule is CC(=O)c1cc(C(F)(F)F)cnc1C(=O)N(C(C)C)C(C)C. The molecule has 122 valence electrons. The van der Waals surface area contributed by atoms with Gasteiger partial charge < -0.3 is 4.90 Å². The fraction of sp³-hybridized carbons (Fsp3) is 0.533. The Labute approximate surface area is 127 Å². The third-order valence-corrected chi connectivity index (χ3v) is 3.14. The summed E-state index contributed by atoms with van der Waals surface area (Å²) < 4.78 is 38.2. The van der Waals surface area contributed by atoms with E-state index in [0.717, 1.165) is 6.92 Å². The molecule has 22 heavy (non-hydrogen) atoms. The molecule has 1 aromatic rings. The first-order valence-corrected chi connectivity index (χ1v) is 6.87. The highest BCUT2D eigenvalue weighted by Crippen LogP contribution is 2.30. The van der Waals surface area contributed by atoms with Crippen LogP contribution in [0, 0.1) is 0 Å². The quantitative estimate of drug-likeness (QED) is 0.798. The second kappa shape index (κ2) is 6.46. The van der Waals surface area contributed by atoms with Crippen molar-refractivity contribution in [1.82, 2.24) is 9.88 Å². The second-order valence-electron chi connectivity index (χ2n) is 5.57. The molecule has 0 spiro atoms. The molecule has 1 heterocycles. The number of Topliss-reactive ketones (excluding diaryl/α,β-unsaturated/α-hetero) is 1. The van der Waals surface area contributed by atoms with E-state index in [4.69, 9.17) is 0 Å². The van der Waals surface area contributed by atoms with Crippen LogP contribution in [0.25, 0.3) is 0 Å². The molecule has 0 bridgehead atoms. The summed E-state index contributed by atoms with van der Waals surface area (Å²) in [5, 5.41) is 0. The summed E-state index contributed by atoms with van der Waals surface area (Å²) in [5.74, 6) is -1.18. The van der Waals surface area contributed by atoms with Crippen LogP contribution in [0.2, 0.25) is 0 Å². The van der Waals surface area contributed by atoms with Gasteiger partial charge in [0.1, 0.15) is 5.69 Å². The van der Waals surface area contributed by atoms with Gasteiger partial charge in [0, 0.05) is 23.8 Å². The summed E-state index contributed by atoms with van der Waals surface area (Å²) in [7, 11) is 0. The van der Waals surface area contributed by atoms with E-state index >= 15 is 0 Å². The molecule has 0 unspecified atom stereocenters. The largest absolute Gasteiger partial charge is 0.417 e. The molecule has 0 aliphatic rings. The summed E-state index contributed by atoms with van der Waals surface area (Å²) in [6.07, 6.45) is -4.03. The van der Waals surface area contributed by atoms with Crippen LogP contribution in [0.15, 0.2) is 12.3 Å². The van der Waals surface area contributed by atoms with Crippen molar-refractivity contribution < 1.29 is 22.8 Å². The van der Waals surface area contributed by atoms with Gasteiger partial charge >= 0.3 is 6.18 Å². The average Bonchev–Trinajstić information content (AvgIpc) is 2.35. The van der Waals surface area contributed by atoms with Crippen LogP contribution in [-0.4, -0.2) is 33.7 Å². The van der Waals surface area contributed by atoms with Gasteiger partial charge in [-0.3, -0.25) is 9.59 Å². The Balaban J connectivity index is 3.41. The van der Waals surface area contributed by atoms with Crippen molar-refractivity contribution in [1.29, 1.82) is 0 Å². The standard InChI is InChI=1S/C15H19F3N2O2/c1-8(2)20(9(3)4)14(22)13-12(10(5)21)6-11(7-19-13)15(16,17)18/h6-9H,1-5H3. The number of carbonyl (C=O) groups excluding carboxylic acids is 2.